The fourth-order valence-electron chi connectivity index (χ4n) is 4.41. The molecule has 0 aromatic rings. The summed E-state index contributed by atoms with van der Waals surface area (Å²) in [4.78, 5) is 5.35. The molecule has 0 spiro atoms. The third kappa shape index (κ3) is 4.20. The summed E-state index contributed by atoms with van der Waals surface area (Å²) in [6, 6.07) is 1.63. The Bertz CT molecular complexity index is 320. The Labute approximate surface area is 131 Å². The second-order valence-corrected chi connectivity index (χ2v) is 7.99. The van der Waals surface area contributed by atoms with E-state index < -0.39 is 0 Å². The number of hydrogen-bond acceptors (Lipinski definition) is 3. The van der Waals surface area contributed by atoms with Crippen molar-refractivity contribution >= 4 is 0 Å². The fourth-order valence-corrected chi connectivity index (χ4v) is 4.41. The normalized spacial score (nSPS) is 31.4. The van der Waals surface area contributed by atoms with Crippen LogP contribution in [0.25, 0.3) is 0 Å². The van der Waals surface area contributed by atoms with Gasteiger partial charge in [-0.25, -0.2) is 0 Å². The van der Waals surface area contributed by atoms with E-state index in [1.54, 1.807) is 0 Å². The van der Waals surface area contributed by atoms with E-state index in [0.717, 1.165) is 12.1 Å². The number of rotatable bonds is 6. The van der Waals surface area contributed by atoms with Crippen molar-refractivity contribution < 1.29 is 0 Å². The molecule has 3 rings (SSSR count). The molecule has 3 fully saturated rings. The smallest absolute Gasteiger partial charge is 0.0218 e. The SMILES string of the molecule is CCC1CN(CC2(CNC3CC3)CCCCC2)CCN1C. The fraction of sp³-hybridized carbons (Fsp3) is 1.00. The predicted octanol–water partition coefficient (Wildman–Crippen LogP) is 2.71. The molecule has 1 saturated heterocycles. The first-order chi connectivity index (χ1) is 10.2. The maximum atomic E-state index is 3.85. The van der Waals surface area contributed by atoms with Gasteiger partial charge in [0.15, 0.2) is 0 Å². The molecule has 0 aromatic heterocycles. The molecule has 0 aromatic carbocycles. The topological polar surface area (TPSA) is 18.5 Å². The summed E-state index contributed by atoms with van der Waals surface area (Å²) >= 11 is 0. The van der Waals surface area contributed by atoms with Gasteiger partial charge in [-0.15, -0.1) is 0 Å². The Morgan fingerprint density at radius 3 is 2.52 bits per heavy atom. The van der Waals surface area contributed by atoms with Crippen LogP contribution in [0.4, 0.5) is 0 Å². The lowest BCUT2D eigenvalue weighted by atomic mass is 9.73. The minimum Gasteiger partial charge on any atom is -0.313 e. The zero-order valence-corrected chi connectivity index (χ0v) is 14.2. The van der Waals surface area contributed by atoms with Crippen molar-refractivity contribution in [1.82, 2.24) is 15.1 Å². The summed E-state index contributed by atoms with van der Waals surface area (Å²) in [6.45, 7) is 8.79. The van der Waals surface area contributed by atoms with E-state index in [4.69, 9.17) is 0 Å². The Morgan fingerprint density at radius 2 is 1.86 bits per heavy atom. The summed E-state index contributed by atoms with van der Waals surface area (Å²) in [7, 11) is 2.30. The molecule has 1 heterocycles. The van der Waals surface area contributed by atoms with Crippen molar-refractivity contribution in [2.24, 2.45) is 5.41 Å². The summed E-state index contributed by atoms with van der Waals surface area (Å²) in [6.07, 6.45) is 11.4. The lowest BCUT2D eigenvalue weighted by molar-refractivity contribution is 0.0404. The highest BCUT2D eigenvalue weighted by molar-refractivity contribution is 4.93. The van der Waals surface area contributed by atoms with Crippen molar-refractivity contribution in [3.63, 3.8) is 0 Å². The van der Waals surface area contributed by atoms with Crippen molar-refractivity contribution in [3.8, 4) is 0 Å². The van der Waals surface area contributed by atoms with Crippen LogP contribution in [0.1, 0.15) is 58.3 Å². The van der Waals surface area contributed by atoms with E-state index in [-0.39, 0.29) is 0 Å². The number of likely N-dealkylation sites (N-methyl/N-ethyl adjacent to an activating group) is 1. The molecule has 0 radical (unpaired) electrons. The largest absolute Gasteiger partial charge is 0.313 e. The van der Waals surface area contributed by atoms with Crippen LogP contribution in [-0.4, -0.2) is 61.7 Å². The van der Waals surface area contributed by atoms with Crippen LogP contribution in [0.15, 0.2) is 0 Å². The van der Waals surface area contributed by atoms with Gasteiger partial charge in [-0.1, -0.05) is 26.2 Å². The minimum atomic E-state index is 0.578. The van der Waals surface area contributed by atoms with Gasteiger partial charge in [-0.2, -0.15) is 0 Å². The quantitative estimate of drug-likeness (QED) is 0.812. The van der Waals surface area contributed by atoms with E-state index >= 15 is 0 Å². The van der Waals surface area contributed by atoms with Gasteiger partial charge in [-0.05, 0) is 44.6 Å². The molecular weight excluding hydrogens is 258 g/mol. The molecule has 122 valence electrons. The second kappa shape index (κ2) is 6.97. The average Bonchev–Trinajstić information content (AvgIpc) is 3.33. The monoisotopic (exact) mass is 293 g/mol. The van der Waals surface area contributed by atoms with Crippen LogP contribution in [-0.2, 0) is 0 Å². The predicted molar refractivity (Wildman–Crippen MR) is 89.7 cm³/mol. The first-order valence-corrected chi connectivity index (χ1v) is 9.37. The first kappa shape index (κ1) is 15.8. The molecule has 1 unspecified atom stereocenters. The van der Waals surface area contributed by atoms with Crippen LogP contribution in [0.2, 0.25) is 0 Å². The zero-order valence-electron chi connectivity index (χ0n) is 14.2. The molecule has 2 aliphatic carbocycles. The van der Waals surface area contributed by atoms with Gasteiger partial charge in [0.2, 0.25) is 0 Å². The Hall–Kier alpha value is -0.120. The Balaban J connectivity index is 1.57. The lowest BCUT2D eigenvalue weighted by Gasteiger charge is -2.46. The molecule has 3 aliphatic rings. The number of nitrogens with zero attached hydrogens (tertiary/aromatic N) is 2. The zero-order chi connectivity index (χ0) is 14.7. The van der Waals surface area contributed by atoms with Gasteiger partial charge in [0.05, 0.1) is 0 Å². The maximum Gasteiger partial charge on any atom is 0.0218 e. The van der Waals surface area contributed by atoms with Gasteiger partial charge < -0.3 is 10.2 Å². The molecule has 0 amide bonds. The van der Waals surface area contributed by atoms with Crippen LogP contribution in [0.5, 0.6) is 0 Å². The highest BCUT2D eigenvalue weighted by Gasteiger charge is 2.37. The molecule has 1 aliphatic heterocycles. The van der Waals surface area contributed by atoms with E-state index in [2.05, 4.69) is 29.1 Å². The van der Waals surface area contributed by atoms with Crippen LogP contribution in [0.3, 0.4) is 0 Å². The van der Waals surface area contributed by atoms with Gasteiger partial charge >= 0.3 is 0 Å². The third-order valence-electron chi connectivity index (χ3n) is 6.15. The van der Waals surface area contributed by atoms with E-state index in [9.17, 15) is 0 Å². The number of nitrogens with one attached hydrogen (secondary N) is 1. The van der Waals surface area contributed by atoms with Crippen molar-refractivity contribution in [1.29, 1.82) is 0 Å². The van der Waals surface area contributed by atoms with E-state index in [1.165, 1.54) is 84.1 Å². The average molecular weight is 293 g/mol. The van der Waals surface area contributed by atoms with Crippen molar-refractivity contribution in [2.75, 3.05) is 39.8 Å². The van der Waals surface area contributed by atoms with Crippen LogP contribution >= 0.6 is 0 Å². The summed E-state index contributed by atoms with van der Waals surface area (Å²) in [5.41, 5.74) is 0.578. The Morgan fingerprint density at radius 1 is 1.10 bits per heavy atom. The van der Waals surface area contributed by atoms with Crippen LogP contribution in [0, 0.1) is 5.41 Å². The molecule has 2 saturated carbocycles. The standard InChI is InChI=1S/C18H35N3/c1-3-17-13-21(12-11-20(17)2)15-18(9-5-4-6-10-18)14-19-16-7-8-16/h16-17,19H,3-15H2,1-2H3. The molecule has 0 bridgehead atoms. The molecule has 21 heavy (non-hydrogen) atoms. The molecular formula is C18H35N3. The molecule has 1 N–H and O–H groups in total. The number of hydrogen-bond donors (Lipinski definition) is 1. The van der Waals surface area contributed by atoms with Gasteiger partial charge in [0, 0.05) is 44.8 Å². The number of piperazine rings is 1. The minimum absolute atomic E-state index is 0.578. The van der Waals surface area contributed by atoms with Gasteiger partial charge in [-0.3, -0.25) is 4.90 Å². The first-order valence-electron chi connectivity index (χ1n) is 9.37. The maximum absolute atomic E-state index is 3.85. The van der Waals surface area contributed by atoms with E-state index in [0.29, 0.717) is 5.41 Å². The van der Waals surface area contributed by atoms with Gasteiger partial charge in [0.1, 0.15) is 0 Å². The summed E-state index contributed by atoms with van der Waals surface area (Å²) in [5, 5.41) is 3.85. The highest BCUT2D eigenvalue weighted by Crippen LogP contribution is 2.38. The molecule has 1 atom stereocenters. The van der Waals surface area contributed by atoms with Gasteiger partial charge in [0.25, 0.3) is 0 Å². The van der Waals surface area contributed by atoms with E-state index in [1.807, 2.05) is 0 Å². The highest BCUT2D eigenvalue weighted by atomic mass is 15.3. The lowest BCUT2D eigenvalue weighted by Crippen LogP contribution is -2.55. The van der Waals surface area contributed by atoms with Crippen molar-refractivity contribution in [2.45, 2.75) is 70.4 Å². The second-order valence-electron chi connectivity index (χ2n) is 7.99. The summed E-state index contributed by atoms with van der Waals surface area (Å²) in [5.74, 6) is 0. The van der Waals surface area contributed by atoms with Crippen molar-refractivity contribution in [3.05, 3.63) is 0 Å². The Kier molecular flexibility index (Phi) is 5.23. The summed E-state index contributed by atoms with van der Waals surface area (Å²) < 4.78 is 0. The third-order valence-corrected chi connectivity index (χ3v) is 6.15. The molecule has 3 nitrogen and oxygen atoms in total. The van der Waals surface area contributed by atoms with Crippen LogP contribution < -0.4 is 5.32 Å². The molecule has 3 heteroatoms.